The maximum absolute atomic E-state index is 11.7. The summed E-state index contributed by atoms with van der Waals surface area (Å²) in [5.41, 5.74) is 8.18. The second-order valence-corrected chi connectivity index (χ2v) is 3.93. The molecule has 3 N–H and O–H groups in total. The van der Waals surface area contributed by atoms with Crippen LogP contribution in [0.2, 0.25) is 0 Å². The van der Waals surface area contributed by atoms with E-state index < -0.39 is 5.91 Å². The molecule has 0 atom stereocenters. The van der Waals surface area contributed by atoms with E-state index >= 15 is 0 Å². The number of nitrogens with one attached hydrogen (secondary N) is 1. The summed E-state index contributed by atoms with van der Waals surface area (Å²) in [6.07, 6.45) is 3.28. The van der Waals surface area contributed by atoms with Crippen LogP contribution in [-0.2, 0) is 0 Å². The van der Waals surface area contributed by atoms with Crippen molar-refractivity contribution < 1.29 is 4.79 Å². The molecule has 0 saturated heterocycles. The van der Waals surface area contributed by atoms with Gasteiger partial charge in [0.15, 0.2) is 0 Å². The van der Waals surface area contributed by atoms with Gasteiger partial charge < -0.3 is 10.7 Å². The van der Waals surface area contributed by atoms with E-state index in [-0.39, 0.29) is 0 Å². The Morgan fingerprint density at radius 1 is 1.28 bits per heavy atom. The summed E-state index contributed by atoms with van der Waals surface area (Å²) in [5.74, 6) is -0.475. The third-order valence-electron chi connectivity index (χ3n) is 2.84. The Morgan fingerprint density at radius 2 is 2.06 bits per heavy atom. The molecule has 4 heteroatoms. The van der Waals surface area contributed by atoms with Crippen LogP contribution in [0.3, 0.4) is 0 Å². The molecule has 0 saturated carbocycles. The smallest absolute Gasteiger partial charge is 0.250 e. The molecule has 0 unspecified atom stereocenters. The molecule has 87 valence electrons. The summed E-state index contributed by atoms with van der Waals surface area (Å²) in [7, 11) is 0. The minimum Gasteiger partial charge on any atom is -0.366 e. The number of amides is 1. The molecule has 0 spiro atoms. The summed E-state index contributed by atoms with van der Waals surface area (Å²) < 4.78 is 0. The summed E-state index contributed by atoms with van der Waals surface area (Å²) in [4.78, 5) is 18.9. The van der Waals surface area contributed by atoms with Gasteiger partial charge in [-0.15, -0.1) is 0 Å². The molecule has 3 aromatic rings. The predicted molar refractivity (Wildman–Crippen MR) is 68.9 cm³/mol. The van der Waals surface area contributed by atoms with Gasteiger partial charge in [-0.2, -0.15) is 0 Å². The van der Waals surface area contributed by atoms with Gasteiger partial charge in [-0.1, -0.05) is 30.3 Å². The van der Waals surface area contributed by atoms with Crippen LogP contribution in [0.1, 0.15) is 10.4 Å². The van der Waals surface area contributed by atoms with Gasteiger partial charge in [-0.25, -0.2) is 4.98 Å². The van der Waals surface area contributed by atoms with Crippen molar-refractivity contribution in [3.8, 4) is 11.1 Å². The van der Waals surface area contributed by atoms with Crippen molar-refractivity contribution in [2.45, 2.75) is 0 Å². The third kappa shape index (κ3) is 1.55. The summed E-state index contributed by atoms with van der Waals surface area (Å²) in [6.45, 7) is 0. The molecule has 18 heavy (non-hydrogen) atoms. The van der Waals surface area contributed by atoms with Crippen molar-refractivity contribution in [2.24, 2.45) is 5.73 Å². The minimum atomic E-state index is -0.475. The maximum atomic E-state index is 11.7. The highest BCUT2D eigenvalue weighted by molar-refractivity contribution is 6.10. The highest BCUT2D eigenvalue weighted by atomic mass is 16.1. The van der Waals surface area contributed by atoms with Gasteiger partial charge in [0.25, 0.3) is 0 Å². The van der Waals surface area contributed by atoms with Crippen LogP contribution in [0.25, 0.3) is 22.2 Å². The standard InChI is InChI=1S/C14H10N3O/c15-13(18)12-10-6-7-16-14(10)17-8-11(12)9-4-2-1-3-5-9/h1-5,7-8H,(H2,15,18)(H,16,17). The monoisotopic (exact) mass is 236 g/mol. The SMILES string of the molecule is NC(=O)c1c(-c2ccccc2)cnc2[nH]c[c]c12. The quantitative estimate of drug-likeness (QED) is 0.715. The van der Waals surface area contributed by atoms with Crippen LogP contribution in [0.5, 0.6) is 0 Å². The van der Waals surface area contributed by atoms with Gasteiger partial charge in [0.2, 0.25) is 5.91 Å². The molecule has 1 radical (unpaired) electrons. The van der Waals surface area contributed by atoms with Crippen LogP contribution >= 0.6 is 0 Å². The van der Waals surface area contributed by atoms with Gasteiger partial charge in [0.1, 0.15) is 5.65 Å². The topological polar surface area (TPSA) is 71.8 Å². The number of rotatable bonds is 2. The van der Waals surface area contributed by atoms with Gasteiger partial charge in [0, 0.05) is 29.4 Å². The number of benzene rings is 1. The van der Waals surface area contributed by atoms with E-state index in [4.69, 9.17) is 5.73 Å². The second-order valence-electron chi connectivity index (χ2n) is 3.93. The van der Waals surface area contributed by atoms with Gasteiger partial charge in [0.05, 0.1) is 5.56 Å². The molecular formula is C14H10N3O. The van der Waals surface area contributed by atoms with E-state index in [1.807, 2.05) is 30.3 Å². The molecular weight excluding hydrogens is 226 g/mol. The number of nitrogens with zero attached hydrogens (tertiary/aromatic N) is 1. The lowest BCUT2D eigenvalue weighted by Crippen LogP contribution is -2.13. The summed E-state index contributed by atoms with van der Waals surface area (Å²) in [6, 6.07) is 12.5. The van der Waals surface area contributed by atoms with Crippen LogP contribution in [0, 0.1) is 6.07 Å². The van der Waals surface area contributed by atoms with E-state index in [2.05, 4.69) is 16.0 Å². The Morgan fingerprint density at radius 3 is 2.78 bits per heavy atom. The molecule has 4 nitrogen and oxygen atoms in total. The number of carbonyl (C=O) groups excluding carboxylic acids is 1. The number of hydrogen-bond acceptors (Lipinski definition) is 2. The first-order chi connectivity index (χ1) is 8.77. The Kier molecular flexibility index (Phi) is 2.34. The zero-order chi connectivity index (χ0) is 12.5. The van der Waals surface area contributed by atoms with E-state index in [1.54, 1.807) is 12.4 Å². The molecule has 3 rings (SSSR count). The molecule has 0 aliphatic heterocycles. The molecule has 1 amide bonds. The fraction of sp³-hybridized carbons (Fsp3) is 0. The number of hydrogen-bond donors (Lipinski definition) is 2. The van der Waals surface area contributed by atoms with Gasteiger partial charge in [-0.05, 0) is 5.56 Å². The lowest BCUT2D eigenvalue weighted by molar-refractivity contribution is 0.100. The number of aromatic amines is 1. The van der Waals surface area contributed by atoms with Crippen molar-refractivity contribution in [2.75, 3.05) is 0 Å². The number of H-pyrrole nitrogens is 1. The summed E-state index contributed by atoms with van der Waals surface area (Å²) in [5, 5.41) is 0.629. The summed E-state index contributed by atoms with van der Waals surface area (Å²) >= 11 is 0. The van der Waals surface area contributed by atoms with Crippen molar-refractivity contribution in [1.82, 2.24) is 9.97 Å². The number of nitrogens with two attached hydrogens (primary N) is 1. The van der Waals surface area contributed by atoms with Crippen molar-refractivity contribution in [3.05, 3.63) is 54.4 Å². The fourth-order valence-electron chi connectivity index (χ4n) is 2.03. The highest BCUT2D eigenvalue weighted by Crippen LogP contribution is 2.27. The van der Waals surface area contributed by atoms with Crippen molar-refractivity contribution >= 4 is 16.9 Å². The number of primary amides is 1. The molecule has 0 aliphatic carbocycles. The molecule has 0 fully saturated rings. The molecule has 0 aliphatic rings. The van der Waals surface area contributed by atoms with E-state index in [0.717, 1.165) is 11.1 Å². The number of carbonyl (C=O) groups is 1. The lowest BCUT2D eigenvalue weighted by atomic mass is 9.99. The van der Waals surface area contributed by atoms with Crippen LogP contribution in [0.15, 0.2) is 42.7 Å². The normalized spacial score (nSPS) is 10.7. The van der Waals surface area contributed by atoms with Crippen molar-refractivity contribution in [1.29, 1.82) is 0 Å². The van der Waals surface area contributed by atoms with Crippen molar-refractivity contribution in [3.63, 3.8) is 0 Å². The van der Waals surface area contributed by atoms with Crippen LogP contribution in [0.4, 0.5) is 0 Å². The van der Waals surface area contributed by atoms with E-state index in [1.165, 1.54) is 0 Å². The van der Waals surface area contributed by atoms with Gasteiger partial charge in [-0.3, -0.25) is 4.79 Å². The Labute approximate surface area is 103 Å². The number of aromatic nitrogens is 2. The fourth-order valence-corrected chi connectivity index (χ4v) is 2.03. The third-order valence-corrected chi connectivity index (χ3v) is 2.84. The average Bonchev–Trinajstić information content (AvgIpc) is 2.86. The molecule has 1 aromatic carbocycles. The molecule has 2 aromatic heterocycles. The Bertz CT molecular complexity index is 716. The zero-order valence-corrected chi connectivity index (χ0v) is 9.47. The molecule has 0 bridgehead atoms. The maximum Gasteiger partial charge on any atom is 0.250 e. The highest BCUT2D eigenvalue weighted by Gasteiger charge is 2.15. The number of pyridine rings is 1. The van der Waals surface area contributed by atoms with Gasteiger partial charge >= 0.3 is 0 Å². The zero-order valence-electron chi connectivity index (χ0n) is 9.47. The number of fused-ring (bicyclic) bond motifs is 1. The second kappa shape index (κ2) is 4.00. The first-order valence-corrected chi connectivity index (χ1v) is 5.50. The van der Waals surface area contributed by atoms with E-state index in [0.29, 0.717) is 16.6 Å². The minimum absolute atomic E-state index is 0.451. The largest absolute Gasteiger partial charge is 0.366 e. The lowest BCUT2D eigenvalue weighted by Gasteiger charge is -2.07. The predicted octanol–water partition coefficient (Wildman–Crippen LogP) is 2.13. The first kappa shape index (κ1) is 10.5. The van der Waals surface area contributed by atoms with E-state index in [9.17, 15) is 4.79 Å². The average molecular weight is 236 g/mol. The Hall–Kier alpha value is -2.62. The van der Waals surface area contributed by atoms with Crippen LogP contribution < -0.4 is 5.73 Å². The molecule has 2 heterocycles. The Balaban J connectivity index is 2.35. The first-order valence-electron chi connectivity index (χ1n) is 5.50. The van der Waals surface area contributed by atoms with Crippen LogP contribution in [-0.4, -0.2) is 15.9 Å².